The summed E-state index contributed by atoms with van der Waals surface area (Å²) in [6, 6.07) is 21.4. The number of amides is 2. The van der Waals surface area contributed by atoms with Crippen LogP contribution < -0.4 is 19.7 Å². The Kier molecular flexibility index (Phi) is 6.17. The maximum atomic E-state index is 12.6. The van der Waals surface area contributed by atoms with Crippen LogP contribution in [0.3, 0.4) is 0 Å². The van der Waals surface area contributed by atoms with Crippen LogP contribution in [0.25, 0.3) is 0 Å². The molecule has 0 spiro atoms. The number of anilines is 2. The largest absolute Gasteiger partial charge is 0.482 e. The number of ether oxygens (including phenoxy) is 2. The van der Waals surface area contributed by atoms with E-state index in [1.807, 2.05) is 30.3 Å². The Hall–Kier alpha value is -4.13. The van der Waals surface area contributed by atoms with Gasteiger partial charge < -0.3 is 19.7 Å². The molecule has 0 fully saturated rings. The molecule has 0 radical (unpaired) electrons. The monoisotopic (exact) mass is 430 g/mol. The summed E-state index contributed by atoms with van der Waals surface area (Å²) in [5.74, 6) is 1.32. The highest BCUT2D eigenvalue weighted by Crippen LogP contribution is 2.32. The molecule has 7 nitrogen and oxygen atoms in total. The Morgan fingerprint density at radius 3 is 2.44 bits per heavy atom. The van der Waals surface area contributed by atoms with Crippen LogP contribution in [0.1, 0.15) is 23.2 Å². The number of hydrogen-bond donors (Lipinski definition) is 1. The Balaban J connectivity index is 1.30. The van der Waals surface area contributed by atoms with E-state index in [0.29, 0.717) is 28.4 Å². The fraction of sp³-hybridized carbons (Fsp3) is 0.160. The number of carbonyl (C=O) groups is 3. The van der Waals surface area contributed by atoms with Crippen molar-refractivity contribution in [3.05, 3.63) is 78.4 Å². The minimum Gasteiger partial charge on any atom is -0.482 e. The minimum atomic E-state index is -0.260. The van der Waals surface area contributed by atoms with Gasteiger partial charge in [-0.15, -0.1) is 0 Å². The maximum absolute atomic E-state index is 12.6. The number of benzene rings is 3. The number of ketones is 1. The molecule has 0 bridgehead atoms. The van der Waals surface area contributed by atoms with Crippen molar-refractivity contribution in [2.45, 2.75) is 12.8 Å². The highest BCUT2D eigenvalue weighted by molar-refractivity contribution is 6.03. The van der Waals surface area contributed by atoms with E-state index in [0.717, 1.165) is 5.75 Å². The van der Waals surface area contributed by atoms with Crippen molar-refractivity contribution in [1.29, 1.82) is 0 Å². The quantitative estimate of drug-likeness (QED) is 0.561. The summed E-state index contributed by atoms with van der Waals surface area (Å²) in [6.45, 7) is -0.0175. The summed E-state index contributed by atoms with van der Waals surface area (Å²) in [7, 11) is 1.64. The molecule has 1 heterocycles. The summed E-state index contributed by atoms with van der Waals surface area (Å²) in [4.78, 5) is 38.1. The standard InChI is InChI=1S/C25H22N2O5/c1-27-21-15-17(7-13-23(21)31-16-25(27)30)22(28)12-14-24(29)26-18-8-10-20(11-9-18)32-19-5-3-2-4-6-19/h2-11,13,15H,12,14,16H2,1H3,(H,26,29). The molecule has 0 saturated heterocycles. The Morgan fingerprint density at radius 1 is 0.969 bits per heavy atom. The van der Waals surface area contributed by atoms with Gasteiger partial charge in [0.05, 0.1) is 5.69 Å². The van der Waals surface area contributed by atoms with Gasteiger partial charge in [-0.25, -0.2) is 0 Å². The van der Waals surface area contributed by atoms with E-state index in [1.165, 1.54) is 4.90 Å². The van der Waals surface area contributed by atoms with Gasteiger partial charge in [0, 0.05) is 31.1 Å². The number of fused-ring (bicyclic) bond motifs is 1. The number of hydrogen-bond acceptors (Lipinski definition) is 5. The van der Waals surface area contributed by atoms with Crippen LogP contribution in [-0.4, -0.2) is 31.3 Å². The van der Waals surface area contributed by atoms with Crippen molar-refractivity contribution in [2.24, 2.45) is 0 Å². The summed E-state index contributed by atoms with van der Waals surface area (Å²) in [5, 5.41) is 2.78. The Morgan fingerprint density at radius 2 is 1.69 bits per heavy atom. The normalized spacial score (nSPS) is 12.5. The summed E-state index contributed by atoms with van der Waals surface area (Å²) in [6.07, 6.45) is 0.0990. The fourth-order valence-corrected chi connectivity index (χ4v) is 3.27. The van der Waals surface area contributed by atoms with Crippen molar-refractivity contribution in [1.82, 2.24) is 0 Å². The average Bonchev–Trinajstić information content (AvgIpc) is 2.82. The molecular weight excluding hydrogens is 408 g/mol. The topological polar surface area (TPSA) is 84.9 Å². The van der Waals surface area contributed by atoms with E-state index in [-0.39, 0.29) is 37.0 Å². The molecule has 3 aromatic carbocycles. The predicted octanol–water partition coefficient (Wildman–Crippen LogP) is 4.44. The van der Waals surface area contributed by atoms with Crippen LogP contribution >= 0.6 is 0 Å². The van der Waals surface area contributed by atoms with Gasteiger partial charge in [-0.1, -0.05) is 18.2 Å². The van der Waals surface area contributed by atoms with Gasteiger partial charge in [-0.05, 0) is 54.6 Å². The number of likely N-dealkylation sites (N-methyl/N-ethyl adjacent to an activating group) is 1. The van der Waals surface area contributed by atoms with Gasteiger partial charge in [0.15, 0.2) is 12.4 Å². The van der Waals surface area contributed by atoms with Crippen molar-refractivity contribution < 1.29 is 23.9 Å². The molecule has 1 aliphatic heterocycles. The summed E-state index contributed by atoms with van der Waals surface area (Å²) >= 11 is 0. The molecule has 0 aliphatic carbocycles. The van der Waals surface area contributed by atoms with E-state index in [2.05, 4.69) is 5.32 Å². The van der Waals surface area contributed by atoms with Gasteiger partial charge in [-0.2, -0.15) is 0 Å². The first-order valence-corrected chi connectivity index (χ1v) is 10.2. The third-order valence-electron chi connectivity index (χ3n) is 5.06. The van der Waals surface area contributed by atoms with Crippen LogP contribution in [-0.2, 0) is 9.59 Å². The van der Waals surface area contributed by atoms with E-state index in [1.54, 1.807) is 49.5 Å². The van der Waals surface area contributed by atoms with Crippen LogP contribution in [0.15, 0.2) is 72.8 Å². The third-order valence-corrected chi connectivity index (χ3v) is 5.06. The second kappa shape index (κ2) is 9.34. The predicted molar refractivity (Wildman–Crippen MR) is 120 cm³/mol. The lowest BCUT2D eigenvalue weighted by Gasteiger charge is -2.26. The van der Waals surface area contributed by atoms with Crippen LogP contribution in [0, 0.1) is 0 Å². The Labute approximate surface area is 185 Å². The lowest BCUT2D eigenvalue weighted by molar-refractivity contribution is -0.121. The summed E-state index contributed by atoms with van der Waals surface area (Å²) in [5.41, 5.74) is 1.60. The molecule has 0 atom stereocenters. The number of nitrogens with one attached hydrogen (secondary N) is 1. The summed E-state index contributed by atoms with van der Waals surface area (Å²) < 4.78 is 11.1. The molecule has 1 aliphatic rings. The van der Waals surface area contributed by atoms with Gasteiger partial charge >= 0.3 is 0 Å². The number of nitrogens with zero attached hydrogens (tertiary/aromatic N) is 1. The number of rotatable bonds is 7. The second-order valence-electron chi connectivity index (χ2n) is 7.33. The average molecular weight is 430 g/mol. The van der Waals surface area contributed by atoms with Crippen LogP contribution in [0.4, 0.5) is 11.4 Å². The molecule has 0 saturated carbocycles. The SMILES string of the molecule is CN1C(=O)COc2ccc(C(=O)CCC(=O)Nc3ccc(Oc4ccccc4)cc3)cc21. The van der Waals surface area contributed by atoms with Gasteiger partial charge in [0.2, 0.25) is 5.91 Å². The zero-order chi connectivity index (χ0) is 22.5. The molecular formula is C25H22N2O5. The molecule has 0 unspecified atom stereocenters. The molecule has 3 aromatic rings. The highest BCUT2D eigenvalue weighted by atomic mass is 16.5. The van der Waals surface area contributed by atoms with Crippen molar-refractivity contribution in [3.63, 3.8) is 0 Å². The second-order valence-corrected chi connectivity index (χ2v) is 7.33. The molecule has 0 aromatic heterocycles. The Bertz CT molecular complexity index is 1140. The first kappa shape index (κ1) is 21.1. The van der Waals surface area contributed by atoms with Crippen LogP contribution in [0.5, 0.6) is 17.2 Å². The zero-order valence-electron chi connectivity index (χ0n) is 17.5. The fourth-order valence-electron chi connectivity index (χ4n) is 3.27. The third kappa shape index (κ3) is 4.95. The van der Waals surface area contributed by atoms with E-state index < -0.39 is 0 Å². The smallest absolute Gasteiger partial charge is 0.264 e. The number of para-hydroxylation sites is 1. The first-order chi connectivity index (χ1) is 15.5. The van der Waals surface area contributed by atoms with E-state index in [9.17, 15) is 14.4 Å². The minimum absolute atomic E-state index is 0.0175. The van der Waals surface area contributed by atoms with Gasteiger partial charge in [-0.3, -0.25) is 14.4 Å². The molecule has 7 heteroatoms. The van der Waals surface area contributed by atoms with E-state index in [4.69, 9.17) is 9.47 Å². The zero-order valence-corrected chi connectivity index (χ0v) is 17.5. The van der Waals surface area contributed by atoms with Gasteiger partial charge in [0.1, 0.15) is 17.2 Å². The lowest BCUT2D eigenvalue weighted by atomic mass is 10.0. The molecule has 2 amide bonds. The van der Waals surface area contributed by atoms with Crippen molar-refractivity contribution >= 4 is 29.0 Å². The molecule has 4 rings (SSSR count). The van der Waals surface area contributed by atoms with Crippen molar-refractivity contribution in [2.75, 3.05) is 23.9 Å². The lowest BCUT2D eigenvalue weighted by Crippen LogP contribution is -2.35. The maximum Gasteiger partial charge on any atom is 0.264 e. The van der Waals surface area contributed by atoms with Gasteiger partial charge in [0.25, 0.3) is 5.91 Å². The van der Waals surface area contributed by atoms with Crippen molar-refractivity contribution in [3.8, 4) is 17.2 Å². The highest BCUT2D eigenvalue weighted by Gasteiger charge is 2.23. The first-order valence-electron chi connectivity index (χ1n) is 10.2. The number of carbonyl (C=O) groups excluding carboxylic acids is 3. The molecule has 1 N–H and O–H groups in total. The number of Topliss-reactive ketones (excluding diaryl/α,β-unsaturated/α-hetero) is 1. The van der Waals surface area contributed by atoms with Crippen LogP contribution in [0.2, 0.25) is 0 Å². The molecule has 32 heavy (non-hydrogen) atoms. The van der Waals surface area contributed by atoms with E-state index >= 15 is 0 Å². The molecule has 162 valence electrons.